The molecule has 86 valence electrons. The number of para-hydroxylation sites is 1. The van der Waals surface area contributed by atoms with Gasteiger partial charge in [0.1, 0.15) is 5.75 Å². The summed E-state index contributed by atoms with van der Waals surface area (Å²) < 4.78 is 10.9. The summed E-state index contributed by atoms with van der Waals surface area (Å²) in [7, 11) is 0.0510. The van der Waals surface area contributed by atoms with Crippen LogP contribution in [0.3, 0.4) is 0 Å². The van der Waals surface area contributed by atoms with Crippen LogP contribution in [-0.2, 0) is 4.43 Å². The molecular weight excluding hydrogens is 228 g/mol. The molecule has 0 saturated heterocycles. The molecule has 0 atom stereocenters. The summed E-state index contributed by atoms with van der Waals surface area (Å²) in [5.74, 6) is 0.866. The first-order chi connectivity index (χ1) is 8.42. The molecule has 0 bridgehead atoms. The Morgan fingerprint density at radius 1 is 0.941 bits per heavy atom. The van der Waals surface area contributed by atoms with Gasteiger partial charge in [-0.25, -0.2) is 0 Å². The maximum atomic E-state index is 5.64. The molecule has 0 aliphatic heterocycles. The van der Waals surface area contributed by atoms with Crippen molar-refractivity contribution in [3.63, 3.8) is 0 Å². The molecule has 0 aliphatic carbocycles. The van der Waals surface area contributed by atoms with Crippen LogP contribution in [-0.4, -0.2) is 16.6 Å². The second-order valence-corrected chi connectivity index (χ2v) is 4.14. The summed E-state index contributed by atoms with van der Waals surface area (Å²) in [5.41, 5.74) is 2.25. The molecule has 2 nitrogen and oxygen atoms in total. The van der Waals surface area contributed by atoms with E-state index in [1.807, 2.05) is 43.3 Å². The molecule has 2 aromatic rings. The van der Waals surface area contributed by atoms with Gasteiger partial charge in [0.2, 0.25) is 0 Å². The molecule has 3 heteroatoms. The average molecular weight is 242 g/mol. The van der Waals surface area contributed by atoms with Gasteiger partial charge in [0.25, 0.3) is 0 Å². The first-order valence-electron chi connectivity index (χ1n) is 5.60. The van der Waals surface area contributed by atoms with Crippen LogP contribution in [0.5, 0.6) is 5.75 Å². The van der Waals surface area contributed by atoms with Crippen LogP contribution in [0, 0.1) is 0 Å². The SMILES string of the molecule is CCO[Si]Oc1ccccc1-c1ccccc1. The summed E-state index contributed by atoms with van der Waals surface area (Å²) in [6, 6.07) is 18.2. The molecule has 2 aromatic carbocycles. The van der Waals surface area contributed by atoms with Crippen LogP contribution >= 0.6 is 0 Å². The first kappa shape index (κ1) is 11.9. The van der Waals surface area contributed by atoms with Gasteiger partial charge in [-0.1, -0.05) is 48.5 Å². The fourth-order valence-corrected chi connectivity index (χ4v) is 1.99. The summed E-state index contributed by atoms with van der Waals surface area (Å²) >= 11 is 0. The van der Waals surface area contributed by atoms with E-state index in [2.05, 4.69) is 18.2 Å². The van der Waals surface area contributed by atoms with Crippen molar-refractivity contribution in [2.75, 3.05) is 6.61 Å². The van der Waals surface area contributed by atoms with E-state index in [-0.39, 0.29) is 10.0 Å². The van der Waals surface area contributed by atoms with Gasteiger partial charge in [0.05, 0.1) is 0 Å². The predicted molar refractivity (Wildman–Crippen MR) is 69.9 cm³/mol. The van der Waals surface area contributed by atoms with Gasteiger partial charge in [-0.2, -0.15) is 0 Å². The number of rotatable bonds is 5. The second-order valence-electron chi connectivity index (χ2n) is 3.48. The highest BCUT2D eigenvalue weighted by atomic mass is 28.3. The topological polar surface area (TPSA) is 18.5 Å². The zero-order valence-electron chi connectivity index (χ0n) is 9.72. The molecule has 0 heterocycles. The zero-order chi connectivity index (χ0) is 11.9. The van der Waals surface area contributed by atoms with Gasteiger partial charge in [-0.05, 0) is 18.6 Å². The van der Waals surface area contributed by atoms with Crippen LogP contribution in [0.4, 0.5) is 0 Å². The van der Waals surface area contributed by atoms with Crippen LogP contribution in [0.25, 0.3) is 11.1 Å². The van der Waals surface area contributed by atoms with Crippen molar-refractivity contribution < 1.29 is 8.85 Å². The Kier molecular flexibility index (Phi) is 4.35. The lowest BCUT2D eigenvalue weighted by molar-refractivity contribution is 0.308. The molecule has 2 radical (unpaired) electrons. The van der Waals surface area contributed by atoms with Crippen molar-refractivity contribution in [1.29, 1.82) is 0 Å². The minimum atomic E-state index is 0.0510. The van der Waals surface area contributed by atoms with E-state index in [9.17, 15) is 0 Å². The normalized spacial score (nSPS) is 10.2. The molecule has 17 heavy (non-hydrogen) atoms. The zero-order valence-corrected chi connectivity index (χ0v) is 10.7. The van der Waals surface area contributed by atoms with Crippen molar-refractivity contribution in [3.05, 3.63) is 54.6 Å². The molecule has 0 unspecified atom stereocenters. The monoisotopic (exact) mass is 242 g/mol. The molecule has 0 amide bonds. The summed E-state index contributed by atoms with van der Waals surface area (Å²) in [4.78, 5) is 0. The number of hydrogen-bond acceptors (Lipinski definition) is 2. The fourth-order valence-electron chi connectivity index (χ4n) is 1.55. The van der Waals surface area contributed by atoms with Crippen molar-refractivity contribution >= 4 is 10.0 Å². The van der Waals surface area contributed by atoms with Gasteiger partial charge < -0.3 is 8.85 Å². The van der Waals surface area contributed by atoms with Gasteiger partial charge in [0.15, 0.2) is 0 Å². The predicted octanol–water partition coefficient (Wildman–Crippen LogP) is 3.30. The summed E-state index contributed by atoms with van der Waals surface area (Å²) in [6.45, 7) is 2.63. The van der Waals surface area contributed by atoms with E-state index < -0.39 is 0 Å². The van der Waals surface area contributed by atoms with E-state index >= 15 is 0 Å². The van der Waals surface area contributed by atoms with Crippen LogP contribution in [0.15, 0.2) is 54.6 Å². The Labute approximate surface area is 104 Å². The quantitative estimate of drug-likeness (QED) is 0.591. The minimum absolute atomic E-state index is 0.0510. The van der Waals surface area contributed by atoms with E-state index in [1.54, 1.807) is 0 Å². The Hall–Kier alpha value is -1.58. The van der Waals surface area contributed by atoms with E-state index in [0.29, 0.717) is 6.61 Å². The highest BCUT2D eigenvalue weighted by Gasteiger charge is 2.05. The smallest absolute Gasteiger partial charge is 0.517 e. The Balaban J connectivity index is 2.22. The van der Waals surface area contributed by atoms with Gasteiger partial charge in [-0.3, -0.25) is 0 Å². The Morgan fingerprint density at radius 2 is 1.65 bits per heavy atom. The maximum absolute atomic E-state index is 5.64. The number of benzene rings is 2. The van der Waals surface area contributed by atoms with Crippen molar-refractivity contribution in [3.8, 4) is 16.9 Å². The minimum Gasteiger partial charge on any atom is -0.517 e. The van der Waals surface area contributed by atoms with E-state index in [0.717, 1.165) is 16.9 Å². The standard InChI is InChI=1S/C14H14O2Si/c1-2-15-17-16-14-11-7-6-10-13(14)12-8-4-3-5-9-12/h3-11H,2H2,1H3. The third-order valence-electron chi connectivity index (χ3n) is 2.33. The fraction of sp³-hybridized carbons (Fsp3) is 0.143. The lowest BCUT2D eigenvalue weighted by Crippen LogP contribution is -2.07. The molecule has 0 saturated carbocycles. The van der Waals surface area contributed by atoms with Gasteiger partial charge in [0, 0.05) is 12.2 Å². The lowest BCUT2D eigenvalue weighted by Gasteiger charge is -2.10. The largest absolute Gasteiger partial charge is 0.521 e. The highest BCUT2D eigenvalue weighted by molar-refractivity contribution is 6.19. The van der Waals surface area contributed by atoms with Crippen LogP contribution in [0.2, 0.25) is 0 Å². The third-order valence-corrected chi connectivity index (χ3v) is 3.04. The molecule has 2 rings (SSSR count). The third kappa shape index (κ3) is 3.19. The first-order valence-corrected chi connectivity index (χ1v) is 6.41. The molecule has 0 aromatic heterocycles. The maximum Gasteiger partial charge on any atom is 0.521 e. The van der Waals surface area contributed by atoms with E-state index in [1.165, 1.54) is 0 Å². The van der Waals surface area contributed by atoms with Crippen molar-refractivity contribution in [1.82, 2.24) is 0 Å². The van der Waals surface area contributed by atoms with Crippen molar-refractivity contribution in [2.24, 2.45) is 0 Å². The summed E-state index contributed by atoms with van der Waals surface area (Å²) in [5, 5.41) is 0. The molecule has 0 aliphatic rings. The average Bonchev–Trinajstić information content (AvgIpc) is 2.41. The summed E-state index contributed by atoms with van der Waals surface area (Å²) in [6.07, 6.45) is 0. The molecule has 0 spiro atoms. The highest BCUT2D eigenvalue weighted by Crippen LogP contribution is 2.29. The second kappa shape index (κ2) is 6.23. The van der Waals surface area contributed by atoms with Gasteiger partial charge in [-0.15, -0.1) is 0 Å². The molecular formula is C14H14O2Si. The Morgan fingerprint density at radius 3 is 2.41 bits per heavy atom. The van der Waals surface area contributed by atoms with E-state index in [4.69, 9.17) is 8.85 Å². The lowest BCUT2D eigenvalue weighted by atomic mass is 10.1. The van der Waals surface area contributed by atoms with Crippen LogP contribution < -0.4 is 4.43 Å². The molecule has 0 N–H and O–H groups in total. The van der Waals surface area contributed by atoms with Gasteiger partial charge >= 0.3 is 10.0 Å². The Bertz CT molecular complexity index is 457. The molecule has 0 fully saturated rings. The van der Waals surface area contributed by atoms with Crippen LogP contribution in [0.1, 0.15) is 6.92 Å². The number of hydrogen-bond donors (Lipinski definition) is 0. The van der Waals surface area contributed by atoms with Crippen molar-refractivity contribution in [2.45, 2.75) is 6.92 Å².